The molecule has 0 radical (unpaired) electrons. The van der Waals surface area contributed by atoms with Gasteiger partial charge in [0.25, 0.3) is 0 Å². The topological polar surface area (TPSA) is 105 Å². The summed E-state index contributed by atoms with van der Waals surface area (Å²) in [4.78, 5) is 41.0. The fraction of sp³-hybridized carbons (Fsp3) is 0.609. The predicted molar refractivity (Wildman–Crippen MR) is 121 cm³/mol. The first-order valence-electron chi connectivity index (χ1n) is 10.6. The molecule has 0 aromatic heterocycles. The Balaban J connectivity index is 2.92. The number of hydrogen-bond acceptors (Lipinski definition) is 5. The van der Waals surface area contributed by atoms with Crippen LogP contribution >= 0.6 is 0 Å². The van der Waals surface area contributed by atoms with Gasteiger partial charge in [-0.05, 0) is 66.2 Å². The van der Waals surface area contributed by atoms with Gasteiger partial charge in [-0.15, -0.1) is 0 Å². The molecule has 0 unspecified atom stereocenters. The Kier molecular flexibility index (Phi) is 10.5. The minimum atomic E-state index is -0.869. The lowest BCUT2D eigenvalue weighted by atomic mass is 10.0. The third-order valence-corrected chi connectivity index (χ3v) is 4.73. The standard InChI is InChI=1S/C23H38N4O4/c1-23(2,3)31-22(30)27(6)19(14-10-11-15-26(4)5)21(29)25-18(20(24)28)16-17-12-8-7-9-13-17/h7-9,12-13,18-19H,10-11,14-16H2,1-6H3,(H2,24,28)(H,25,29)/t18-,19-/m0/s1. The lowest BCUT2D eigenvalue weighted by Gasteiger charge is -2.31. The molecule has 0 aliphatic heterocycles. The summed E-state index contributed by atoms with van der Waals surface area (Å²) < 4.78 is 5.43. The summed E-state index contributed by atoms with van der Waals surface area (Å²) in [6, 6.07) is 7.70. The van der Waals surface area contributed by atoms with Gasteiger partial charge in [0.15, 0.2) is 0 Å². The predicted octanol–water partition coefficient (Wildman–Crippen LogP) is 2.17. The largest absolute Gasteiger partial charge is 0.444 e. The number of nitrogens with two attached hydrogens (primary N) is 1. The molecule has 0 fully saturated rings. The molecule has 0 bridgehead atoms. The maximum absolute atomic E-state index is 13.1. The quantitative estimate of drug-likeness (QED) is 0.519. The molecule has 3 N–H and O–H groups in total. The highest BCUT2D eigenvalue weighted by atomic mass is 16.6. The van der Waals surface area contributed by atoms with E-state index in [-0.39, 0.29) is 6.42 Å². The van der Waals surface area contributed by atoms with E-state index in [1.54, 1.807) is 27.8 Å². The molecular formula is C23H38N4O4. The van der Waals surface area contributed by atoms with E-state index in [2.05, 4.69) is 10.2 Å². The van der Waals surface area contributed by atoms with Crippen LogP contribution in [0.1, 0.15) is 45.6 Å². The van der Waals surface area contributed by atoms with Gasteiger partial charge in [-0.3, -0.25) is 14.5 Å². The average molecular weight is 435 g/mol. The molecule has 0 spiro atoms. The van der Waals surface area contributed by atoms with Crippen LogP contribution in [0.15, 0.2) is 30.3 Å². The number of hydrogen-bond donors (Lipinski definition) is 2. The molecule has 0 aliphatic rings. The molecule has 8 heteroatoms. The Morgan fingerprint density at radius 3 is 2.19 bits per heavy atom. The van der Waals surface area contributed by atoms with E-state index in [1.807, 2.05) is 44.4 Å². The van der Waals surface area contributed by atoms with E-state index < -0.39 is 35.6 Å². The van der Waals surface area contributed by atoms with E-state index in [9.17, 15) is 14.4 Å². The maximum Gasteiger partial charge on any atom is 0.410 e. The summed E-state index contributed by atoms with van der Waals surface area (Å²) in [6.07, 6.45) is 1.77. The van der Waals surface area contributed by atoms with Crippen molar-refractivity contribution in [3.05, 3.63) is 35.9 Å². The number of benzene rings is 1. The third-order valence-electron chi connectivity index (χ3n) is 4.73. The Morgan fingerprint density at radius 1 is 1.06 bits per heavy atom. The van der Waals surface area contributed by atoms with Crippen LogP contribution in [0, 0.1) is 0 Å². The second-order valence-corrected chi connectivity index (χ2v) is 9.06. The molecule has 1 aromatic rings. The van der Waals surface area contributed by atoms with Gasteiger partial charge in [-0.1, -0.05) is 30.3 Å². The van der Waals surface area contributed by atoms with Crippen molar-refractivity contribution in [1.82, 2.24) is 15.1 Å². The van der Waals surface area contributed by atoms with Crippen molar-refractivity contribution >= 4 is 17.9 Å². The Morgan fingerprint density at radius 2 is 1.68 bits per heavy atom. The highest BCUT2D eigenvalue weighted by Gasteiger charge is 2.32. The van der Waals surface area contributed by atoms with Crippen molar-refractivity contribution in [2.75, 3.05) is 27.7 Å². The van der Waals surface area contributed by atoms with Gasteiger partial charge in [0.2, 0.25) is 11.8 Å². The lowest BCUT2D eigenvalue weighted by Crippen LogP contribution is -2.54. The summed E-state index contributed by atoms with van der Waals surface area (Å²) in [6.45, 7) is 6.19. The van der Waals surface area contributed by atoms with E-state index in [0.29, 0.717) is 6.42 Å². The normalized spacial score (nSPS) is 13.4. The van der Waals surface area contributed by atoms with Gasteiger partial charge in [0.1, 0.15) is 17.7 Å². The number of amides is 3. The van der Waals surface area contributed by atoms with Crippen LogP contribution in [0.5, 0.6) is 0 Å². The molecule has 174 valence electrons. The van der Waals surface area contributed by atoms with Crippen LogP contribution in [0.2, 0.25) is 0 Å². The highest BCUT2D eigenvalue weighted by Crippen LogP contribution is 2.15. The van der Waals surface area contributed by atoms with Crippen LogP contribution < -0.4 is 11.1 Å². The Labute approximate surface area is 186 Å². The fourth-order valence-corrected chi connectivity index (χ4v) is 3.07. The number of carbonyl (C=O) groups is 3. The number of unbranched alkanes of at least 4 members (excludes halogenated alkanes) is 1. The Bertz CT molecular complexity index is 716. The first-order chi connectivity index (χ1) is 14.4. The molecule has 8 nitrogen and oxygen atoms in total. The number of ether oxygens (including phenoxy) is 1. The molecule has 1 aromatic carbocycles. The molecule has 0 aliphatic carbocycles. The van der Waals surface area contributed by atoms with Crippen molar-refractivity contribution in [1.29, 1.82) is 0 Å². The van der Waals surface area contributed by atoms with Crippen LogP contribution in [0.4, 0.5) is 4.79 Å². The van der Waals surface area contributed by atoms with Crippen molar-refractivity contribution < 1.29 is 19.1 Å². The molecule has 1 rings (SSSR count). The Hall–Kier alpha value is -2.61. The minimum Gasteiger partial charge on any atom is -0.444 e. The first-order valence-corrected chi connectivity index (χ1v) is 10.6. The van der Waals surface area contributed by atoms with Crippen LogP contribution in [-0.4, -0.2) is 73.1 Å². The SMILES string of the molecule is CN(C)CCCC[C@@H](C(=O)N[C@@H](Cc1ccccc1)C(N)=O)N(C)C(=O)OC(C)(C)C. The highest BCUT2D eigenvalue weighted by molar-refractivity contribution is 5.90. The van der Waals surface area contributed by atoms with E-state index in [1.165, 1.54) is 4.90 Å². The molecular weight excluding hydrogens is 396 g/mol. The molecule has 0 heterocycles. The zero-order valence-corrected chi connectivity index (χ0v) is 19.7. The monoisotopic (exact) mass is 434 g/mol. The zero-order chi connectivity index (χ0) is 23.6. The van der Waals surface area contributed by atoms with E-state index in [4.69, 9.17) is 10.5 Å². The summed E-state index contributed by atoms with van der Waals surface area (Å²) >= 11 is 0. The van der Waals surface area contributed by atoms with Gasteiger partial charge in [0, 0.05) is 13.5 Å². The molecule has 2 atom stereocenters. The number of carbonyl (C=O) groups excluding carboxylic acids is 3. The number of likely N-dealkylation sites (N-methyl/N-ethyl adjacent to an activating group) is 1. The summed E-state index contributed by atoms with van der Waals surface area (Å²) in [7, 11) is 5.51. The molecule has 3 amide bonds. The second kappa shape index (κ2) is 12.3. The molecule has 0 saturated heterocycles. The van der Waals surface area contributed by atoms with Crippen molar-refractivity contribution in [3.63, 3.8) is 0 Å². The number of nitrogens with zero attached hydrogens (tertiary/aromatic N) is 2. The zero-order valence-electron chi connectivity index (χ0n) is 19.7. The fourth-order valence-electron chi connectivity index (χ4n) is 3.07. The van der Waals surface area contributed by atoms with Gasteiger partial charge in [0.05, 0.1) is 0 Å². The number of nitrogens with one attached hydrogen (secondary N) is 1. The van der Waals surface area contributed by atoms with Gasteiger partial charge in [-0.25, -0.2) is 4.79 Å². The third kappa shape index (κ3) is 10.3. The lowest BCUT2D eigenvalue weighted by molar-refractivity contribution is -0.130. The summed E-state index contributed by atoms with van der Waals surface area (Å²) in [5.41, 5.74) is 5.75. The van der Waals surface area contributed by atoms with Crippen molar-refractivity contribution in [3.8, 4) is 0 Å². The number of rotatable bonds is 11. The van der Waals surface area contributed by atoms with Crippen molar-refractivity contribution in [2.24, 2.45) is 5.73 Å². The van der Waals surface area contributed by atoms with Crippen LogP contribution in [0.25, 0.3) is 0 Å². The van der Waals surface area contributed by atoms with Crippen molar-refractivity contribution in [2.45, 2.75) is 64.1 Å². The smallest absolute Gasteiger partial charge is 0.410 e. The second-order valence-electron chi connectivity index (χ2n) is 9.06. The average Bonchev–Trinajstić information content (AvgIpc) is 2.66. The maximum atomic E-state index is 13.1. The number of primary amides is 1. The summed E-state index contributed by atoms with van der Waals surface area (Å²) in [5, 5.41) is 2.74. The minimum absolute atomic E-state index is 0.283. The molecule has 31 heavy (non-hydrogen) atoms. The van der Waals surface area contributed by atoms with E-state index in [0.717, 1.165) is 24.9 Å². The van der Waals surface area contributed by atoms with Crippen LogP contribution in [-0.2, 0) is 20.7 Å². The molecule has 0 saturated carbocycles. The first kappa shape index (κ1) is 26.4. The van der Waals surface area contributed by atoms with Gasteiger partial charge in [-0.2, -0.15) is 0 Å². The van der Waals surface area contributed by atoms with Crippen LogP contribution in [0.3, 0.4) is 0 Å². The van der Waals surface area contributed by atoms with Gasteiger partial charge >= 0.3 is 6.09 Å². The van der Waals surface area contributed by atoms with E-state index >= 15 is 0 Å². The summed E-state index contributed by atoms with van der Waals surface area (Å²) in [5.74, 6) is -1.04. The van der Waals surface area contributed by atoms with Gasteiger partial charge < -0.3 is 20.7 Å².